The molecule has 5 heteroatoms. The van der Waals surface area contributed by atoms with Crippen LogP contribution in [0.5, 0.6) is 5.75 Å². The number of ether oxygens (including phenoxy) is 2. The number of hydrogen-bond acceptors (Lipinski definition) is 4. The first-order valence-corrected chi connectivity index (χ1v) is 7.59. The summed E-state index contributed by atoms with van der Waals surface area (Å²) in [7, 11) is 1.57. The molecule has 0 aliphatic carbocycles. The predicted molar refractivity (Wildman–Crippen MR) is 90.7 cm³/mol. The summed E-state index contributed by atoms with van der Waals surface area (Å²) < 4.78 is 11.3. The molecule has 0 fully saturated rings. The normalized spacial score (nSPS) is 10.3. The van der Waals surface area contributed by atoms with E-state index in [1.165, 1.54) is 6.08 Å². The van der Waals surface area contributed by atoms with Crippen LogP contribution in [0.25, 0.3) is 6.08 Å². The van der Waals surface area contributed by atoms with Gasteiger partial charge in [-0.05, 0) is 42.0 Å². The third-order valence-corrected chi connectivity index (χ3v) is 3.52. The smallest absolute Gasteiger partial charge is 0.331 e. The molecule has 2 aromatic carbocycles. The van der Waals surface area contributed by atoms with Gasteiger partial charge in [0.1, 0.15) is 12.4 Å². The Balaban J connectivity index is 1.99. The summed E-state index contributed by atoms with van der Waals surface area (Å²) in [6, 6.07) is 14.5. The lowest BCUT2D eigenvalue weighted by atomic mass is 10.1. The number of nitriles is 1. The zero-order chi connectivity index (χ0) is 16.7. The van der Waals surface area contributed by atoms with E-state index in [0.717, 1.165) is 15.6 Å². The van der Waals surface area contributed by atoms with E-state index in [9.17, 15) is 4.79 Å². The van der Waals surface area contributed by atoms with E-state index in [0.29, 0.717) is 11.3 Å². The Morgan fingerprint density at radius 1 is 1.30 bits per heavy atom. The van der Waals surface area contributed by atoms with Gasteiger partial charge in [-0.1, -0.05) is 28.1 Å². The van der Waals surface area contributed by atoms with Crippen LogP contribution in [-0.2, 0) is 16.1 Å². The third-order valence-electron chi connectivity index (χ3n) is 3.03. The number of carbonyl (C=O) groups is 1. The molecule has 0 amide bonds. The number of carbonyl (C=O) groups excluding carboxylic acids is 1. The van der Waals surface area contributed by atoms with Gasteiger partial charge in [0.15, 0.2) is 0 Å². The quantitative estimate of drug-likeness (QED) is 0.586. The molecule has 23 heavy (non-hydrogen) atoms. The zero-order valence-corrected chi connectivity index (χ0v) is 14.0. The summed E-state index contributed by atoms with van der Waals surface area (Å²) in [5, 5.41) is 8.84. The molecular formula is C18H14BrNO3. The molecular weight excluding hydrogens is 358 g/mol. The fourth-order valence-electron chi connectivity index (χ4n) is 1.93. The van der Waals surface area contributed by atoms with Crippen LogP contribution in [-0.4, -0.2) is 13.1 Å². The van der Waals surface area contributed by atoms with Crippen LogP contribution in [0.3, 0.4) is 0 Å². The van der Waals surface area contributed by atoms with Crippen molar-refractivity contribution in [2.45, 2.75) is 6.61 Å². The molecule has 0 aliphatic heterocycles. The van der Waals surface area contributed by atoms with Crippen LogP contribution in [0, 0.1) is 11.3 Å². The van der Waals surface area contributed by atoms with Crippen molar-refractivity contribution in [2.24, 2.45) is 0 Å². The van der Waals surface area contributed by atoms with Gasteiger partial charge in [0.2, 0.25) is 0 Å². The molecule has 0 atom stereocenters. The van der Waals surface area contributed by atoms with Crippen LogP contribution in [0.1, 0.15) is 16.7 Å². The molecule has 0 aliphatic rings. The number of nitrogens with zero attached hydrogens (tertiary/aromatic N) is 1. The monoisotopic (exact) mass is 371 g/mol. The molecule has 0 saturated heterocycles. The fourth-order valence-corrected chi connectivity index (χ4v) is 2.31. The molecule has 116 valence electrons. The molecule has 0 N–H and O–H groups in total. The number of rotatable bonds is 5. The Morgan fingerprint density at radius 2 is 2.13 bits per heavy atom. The molecule has 0 spiro atoms. The van der Waals surface area contributed by atoms with Crippen molar-refractivity contribution in [3.05, 3.63) is 69.7 Å². The fraction of sp³-hybridized carbons (Fsp3) is 0.111. The molecule has 0 bridgehead atoms. The Kier molecular flexibility index (Phi) is 5.95. The van der Waals surface area contributed by atoms with Crippen molar-refractivity contribution in [2.75, 3.05) is 7.11 Å². The average Bonchev–Trinajstić information content (AvgIpc) is 2.58. The number of halogens is 1. The van der Waals surface area contributed by atoms with E-state index in [4.69, 9.17) is 14.7 Å². The standard InChI is InChI=1S/C18H14BrNO3/c1-22-17-7-6-16(19)10-15(17)5-8-18(21)23-12-14-4-2-3-13(9-14)11-20/h2-10H,12H2,1H3/b8-5+. The van der Waals surface area contributed by atoms with Gasteiger partial charge in [0.25, 0.3) is 0 Å². The molecule has 0 heterocycles. The van der Waals surface area contributed by atoms with Crippen LogP contribution in [0.2, 0.25) is 0 Å². The second-order valence-corrected chi connectivity index (χ2v) is 5.56. The van der Waals surface area contributed by atoms with E-state index in [1.807, 2.05) is 24.3 Å². The molecule has 4 nitrogen and oxygen atoms in total. The maximum atomic E-state index is 11.8. The molecule has 0 aromatic heterocycles. The number of methoxy groups -OCH3 is 1. The van der Waals surface area contributed by atoms with Crippen molar-refractivity contribution in [1.29, 1.82) is 5.26 Å². The summed E-state index contributed by atoms with van der Waals surface area (Å²) in [4.78, 5) is 11.8. The van der Waals surface area contributed by atoms with Gasteiger partial charge in [-0.2, -0.15) is 5.26 Å². The van der Waals surface area contributed by atoms with E-state index in [1.54, 1.807) is 37.5 Å². The molecule has 2 aromatic rings. The van der Waals surface area contributed by atoms with E-state index < -0.39 is 5.97 Å². The number of hydrogen-bond donors (Lipinski definition) is 0. The van der Waals surface area contributed by atoms with Gasteiger partial charge >= 0.3 is 5.97 Å². The first kappa shape index (κ1) is 16.8. The van der Waals surface area contributed by atoms with Gasteiger partial charge in [0, 0.05) is 16.1 Å². The first-order valence-electron chi connectivity index (χ1n) is 6.80. The van der Waals surface area contributed by atoms with Crippen molar-refractivity contribution in [1.82, 2.24) is 0 Å². The summed E-state index contributed by atoms with van der Waals surface area (Å²) in [6.45, 7) is 0.119. The minimum absolute atomic E-state index is 0.119. The summed E-state index contributed by atoms with van der Waals surface area (Å²) >= 11 is 3.38. The second-order valence-electron chi connectivity index (χ2n) is 4.64. The number of esters is 1. The minimum atomic E-state index is -0.464. The summed E-state index contributed by atoms with van der Waals surface area (Å²) in [5.41, 5.74) is 2.07. The van der Waals surface area contributed by atoms with E-state index >= 15 is 0 Å². The molecule has 0 radical (unpaired) electrons. The van der Waals surface area contributed by atoms with Gasteiger partial charge in [0.05, 0.1) is 18.7 Å². The highest BCUT2D eigenvalue weighted by atomic mass is 79.9. The van der Waals surface area contributed by atoms with Gasteiger partial charge in [-0.25, -0.2) is 4.79 Å². The van der Waals surface area contributed by atoms with Gasteiger partial charge < -0.3 is 9.47 Å². The lowest BCUT2D eigenvalue weighted by molar-refractivity contribution is -0.138. The highest BCUT2D eigenvalue weighted by Gasteiger charge is 2.03. The van der Waals surface area contributed by atoms with Crippen LogP contribution in [0.4, 0.5) is 0 Å². The van der Waals surface area contributed by atoms with Crippen LogP contribution >= 0.6 is 15.9 Å². The molecule has 0 saturated carbocycles. The van der Waals surface area contributed by atoms with Crippen molar-refractivity contribution >= 4 is 28.0 Å². The van der Waals surface area contributed by atoms with Crippen LogP contribution < -0.4 is 4.74 Å². The maximum Gasteiger partial charge on any atom is 0.331 e. The predicted octanol–water partition coefficient (Wildman–Crippen LogP) is 4.09. The second kappa shape index (κ2) is 8.16. The lowest BCUT2D eigenvalue weighted by Gasteiger charge is -2.05. The van der Waals surface area contributed by atoms with Crippen molar-refractivity contribution in [3.63, 3.8) is 0 Å². The Morgan fingerprint density at radius 3 is 2.87 bits per heavy atom. The highest BCUT2D eigenvalue weighted by Crippen LogP contribution is 2.24. The lowest BCUT2D eigenvalue weighted by Crippen LogP contribution is -2.01. The summed E-state index contributed by atoms with van der Waals surface area (Å²) in [5.74, 6) is 0.202. The topological polar surface area (TPSA) is 59.3 Å². The Hall–Kier alpha value is -2.58. The van der Waals surface area contributed by atoms with Crippen LogP contribution in [0.15, 0.2) is 53.0 Å². The molecule has 0 unspecified atom stereocenters. The largest absolute Gasteiger partial charge is 0.496 e. The Labute approximate surface area is 143 Å². The first-order chi connectivity index (χ1) is 11.1. The van der Waals surface area contributed by atoms with E-state index in [-0.39, 0.29) is 6.61 Å². The molecule has 2 rings (SSSR count). The summed E-state index contributed by atoms with van der Waals surface area (Å²) in [6.07, 6.45) is 2.98. The van der Waals surface area contributed by atoms with Crippen molar-refractivity contribution in [3.8, 4) is 11.8 Å². The number of benzene rings is 2. The Bertz CT molecular complexity index is 778. The SMILES string of the molecule is COc1ccc(Br)cc1/C=C/C(=O)OCc1cccc(C#N)c1. The zero-order valence-electron chi connectivity index (χ0n) is 12.5. The minimum Gasteiger partial charge on any atom is -0.496 e. The average molecular weight is 372 g/mol. The highest BCUT2D eigenvalue weighted by molar-refractivity contribution is 9.10. The maximum absolute atomic E-state index is 11.8. The van der Waals surface area contributed by atoms with Gasteiger partial charge in [-0.3, -0.25) is 0 Å². The third kappa shape index (κ3) is 4.97. The van der Waals surface area contributed by atoms with Crippen molar-refractivity contribution < 1.29 is 14.3 Å². The van der Waals surface area contributed by atoms with Gasteiger partial charge in [-0.15, -0.1) is 0 Å². The van der Waals surface area contributed by atoms with E-state index in [2.05, 4.69) is 15.9 Å².